The molecule has 0 bridgehead atoms. The predicted molar refractivity (Wildman–Crippen MR) is 70.3 cm³/mol. The highest BCUT2D eigenvalue weighted by Gasteiger charge is 2.38. The van der Waals surface area contributed by atoms with E-state index in [1.807, 2.05) is 4.90 Å². The van der Waals surface area contributed by atoms with Gasteiger partial charge in [-0.15, -0.1) is 0 Å². The molecule has 0 aromatic carbocycles. The highest BCUT2D eigenvalue weighted by Crippen LogP contribution is 2.32. The van der Waals surface area contributed by atoms with Crippen LogP contribution < -0.4 is 0 Å². The van der Waals surface area contributed by atoms with Gasteiger partial charge >= 0.3 is 0 Å². The van der Waals surface area contributed by atoms with Crippen LogP contribution in [0.25, 0.3) is 0 Å². The van der Waals surface area contributed by atoms with Gasteiger partial charge < -0.3 is 9.80 Å². The van der Waals surface area contributed by atoms with Gasteiger partial charge in [0.2, 0.25) is 11.8 Å². The van der Waals surface area contributed by atoms with Crippen LogP contribution in [0.1, 0.15) is 33.1 Å². The SMILES string of the molecule is CC(=O)C(C)C(=O)N(C)C1CCN(C(=O)C2CC2)C1. The Morgan fingerprint density at radius 2 is 1.84 bits per heavy atom. The molecule has 2 atom stereocenters. The van der Waals surface area contributed by atoms with E-state index >= 15 is 0 Å². The third-order valence-corrected chi connectivity index (χ3v) is 4.28. The molecule has 0 spiro atoms. The van der Waals surface area contributed by atoms with Gasteiger partial charge in [-0.3, -0.25) is 14.4 Å². The number of carbonyl (C=O) groups is 3. The van der Waals surface area contributed by atoms with E-state index in [0.29, 0.717) is 6.54 Å². The molecular formula is C14H22N2O3. The Hall–Kier alpha value is -1.39. The Morgan fingerprint density at radius 1 is 1.21 bits per heavy atom. The largest absolute Gasteiger partial charge is 0.340 e. The number of likely N-dealkylation sites (tertiary alicyclic amines) is 1. The van der Waals surface area contributed by atoms with Gasteiger partial charge in [-0.25, -0.2) is 0 Å². The van der Waals surface area contributed by atoms with Crippen LogP contribution in [0.5, 0.6) is 0 Å². The molecule has 2 amide bonds. The molecule has 2 unspecified atom stereocenters. The minimum absolute atomic E-state index is 0.0528. The zero-order chi connectivity index (χ0) is 14.2. The van der Waals surface area contributed by atoms with Crippen molar-refractivity contribution in [2.24, 2.45) is 11.8 Å². The molecule has 106 valence electrons. The second kappa shape index (κ2) is 5.31. The van der Waals surface area contributed by atoms with E-state index in [2.05, 4.69) is 0 Å². The second-order valence-electron chi connectivity index (χ2n) is 5.78. The van der Waals surface area contributed by atoms with Gasteiger partial charge in [0.15, 0.2) is 0 Å². The first-order valence-electron chi connectivity index (χ1n) is 6.97. The van der Waals surface area contributed by atoms with Crippen LogP contribution in [0, 0.1) is 11.8 Å². The fourth-order valence-corrected chi connectivity index (χ4v) is 2.51. The average Bonchev–Trinajstić information content (AvgIpc) is 3.12. The summed E-state index contributed by atoms with van der Waals surface area (Å²) in [5.74, 6) is -0.365. The van der Waals surface area contributed by atoms with E-state index in [1.165, 1.54) is 6.92 Å². The van der Waals surface area contributed by atoms with Crippen LogP contribution in [-0.4, -0.2) is 53.6 Å². The Kier molecular flexibility index (Phi) is 3.92. The summed E-state index contributed by atoms with van der Waals surface area (Å²) in [6, 6.07) is 0.0528. The van der Waals surface area contributed by atoms with E-state index in [0.717, 1.165) is 25.8 Å². The van der Waals surface area contributed by atoms with Gasteiger partial charge in [0.05, 0.1) is 12.0 Å². The van der Waals surface area contributed by atoms with Crippen LogP contribution in [0.3, 0.4) is 0 Å². The molecule has 0 N–H and O–H groups in total. The van der Waals surface area contributed by atoms with E-state index in [-0.39, 0.29) is 29.6 Å². The second-order valence-corrected chi connectivity index (χ2v) is 5.78. The lowest BCUT2D eigenvalue weighted by molar-refractivity contribution is -0.141. The molecule has 0 radical (unpaired) electrons. The van der Waals surface area contributed by atoms with Crippen molar-refractivity contribution in [2.45, 2.75) is 39.2 Å². The molecule has 2 fully saturated rings. The van der Waals surface area contributed by atoms with Crippen molar-refractivity contribution in [2.75, 3.05) is 20.1 Å². The third kappa shape index (κ3) is 2.96. The lowest BCUT2D eigenvalue weighted by Gasteiger charge is -2.26. The number of ketones is 1. The predicted octanol–water partition coefficient (Wildman–Crippen LogP) is 0.681. The van der Waals surface area contributed by atoms with Crippen LogP contribution in [-0.2, 0) is 14.4 Å². The standard InChI is InChI=1S/C14H22N2O3/c1-9(10(2)17)13(18)15(3)12-6-7-16(8-12)14(19)11-4-5-11/h9,11-12H,4-8H2,1-3H3. The third-order valence-electron chi connectivity index (χ3n) is 4.28. The zero-order valence-corrected chi connectivity index (χ0v) is 11.9. The first-order valence-corrected chi connectivity index (χ1v) is 6.97. The summed E-state index contributed by atoms with van der Waals surface area (Å²) < 4.78 is 0. The highest BCUT2D eigenvalue weighted by atomic mass is 16.2. The summed E-state index contributed by atoms with van der Waals surface area (Å²) in [5.41, 5.74) is 0. The first-order chi connectivity index (χ1) is 8.91. The Bertz CT molecular complexity index is 403. The molecule has 2 aliphatic rings. The maximum Gasteiger partial charge on any atom is 0.232 e. The van der Waals surface area contributed by atoms with E-state index < -0.39 is 5.92 Å². The van der Waals surface area contributed by atoms with Crippen LogP contribution >= 0.6 is 0 Å². The minimum atomic E-state index is -0.585. The minimum Gasteiger partial charge on any atom is -0.340 e. The number of nitrogens with zero attached hydrogens (tertiary/aromatic N) is 2. The number of Topliss-reactive ketones (excluding diaryl/α,β-unsaturated/α-hetero) is 1. The number of amides is 2. The van der Waals surface area contributed by atoms with Gasteiger partial charge in [-0.1, -0.05) is 0 Å². The molecule has 1 aliphatic heterocycles. The number of rotatable bonds is 4. The zero-order valence-electron chi connectivity index (χ0n) is 11.9. The molecule has 1 saturated carbocycles. The molecule has 1 aliphatic carbocycles. The monoisotopic (exact) mass is 266 g/mol. The van der Waals surface area contributed by atoms with Gasteiger partial charge in [0.1, 0.15) is 5.78 Å². The summed E-state index contributed by atoms with van der Waals surface area (Å²) in [4.78, 5) is 38.8. The van der Waals surface area contributed by atoms with Gasteiger partial charge in [0, 0.05) is 26.1 Å². The average molecular weight is 266 g/mol. The quantitative estimate of drug-likeness (QED) is 0.703. The molecule has 1 saturated heterocycles. The topological polar surface area (TPSA) is 57.7 Å². The van der Waals surface area contributed by atoms with Crippen LogP contribution in [0.2, 0.25) is 0 Å². The summed E-state index contributed by atoms with van der Waals surface area (Å²) >= 11 is 0. The number of hydrogen-bond donors (Lipinski definition) is 0. The van der Waals surface area contributed by atoms with Gasteiger partial charge in [0.25, 0.3) is 0 Å². The molecule has 19 heavy (non-hydrogen) atoms. The van der Waals surface area contributed by atoms with Crippen molar-refractivity contribution >= 4 is 17.6 Å². The highest BCUT2D eigenvalue weighted by molar-refractivity contribution is 5.99. The molecular weight excluding hydrogens is 244 g/mol. The van der Waals surface area contributed by atoms with E-state index in [1.54, 1.807) is 18.9 Å². The van der Waals surface area contributed by atoms with Gasteiger partial charge in [-0.2, -0.15) is 0 Å². The molecule has 1 heterocycles. The van der Waals surface area contributed by atoms with E-state index in [4.69, 9.17) is 0 Å². The van der Waals surface area contributed by atoms with Crippen molar-refractivity contribution < 1.29 is 14.4 Å². The number of carbonyl (C=O) groups excluding carboxylic acids is 3. The van der Waals surface area contributed by atoms with Crippen molar-refractivity contribution in [3.8, 4) is 0 Å². The number of likely N-dealkylation sites (N-methyl/N-ethyl adjacent to an activating group) is 1. The molecule has 0 aromatic heterocycles. The molecule has 2 rings (SSSR count). The first kappa shape index (κ1) is 14.0. The lowest BCUT2D eigenvalue weighted by atomic mass is 10.1. The summed E-state index contributed by atoms with van der Waals surface area (Å²) in [6.07, 6.45) is 2.83. The van der Waals surface area contributed by atoms with Crippen molar-refractivity contribution in [3.63, 3.8) is 0 Å². The maximum absolute atomic E-state index is 12.1. The molecule has 5 nitrogen and oxygen atoms in total. The van der Waals surface area contributed by atoms with E-state index in [9.17, 15) is 14.4 Å². The fraction of sp³-hybridized carbons (Fsp3) is 0.786. The normalized spacial score (nSPS) is 24.2. The Balaban J connectivity index is 1.90. The fourth-order valence-electron chi connectivity index (χ4n) is 2.51. The molecule has 0 aromatic rings. The van der Waals surface area contributed by atoms with Crippen molar-refractivity contribution in [1.82, 2.24) is 9.80 Å². The summed E-state index contributed by atoms with van der Waals surface area (Å²) in [6.45, 7) is 4.42. The van der Waals surface area contributed by atoms with Crippen molar-refractivity contribution in [1.29, 1.82) is 0 Å². The smallest absolute Gasteiger partial charge is 0.232 e. The van der Waals surface area contributed by atoms with Crippen molar-refractivity contribution in [3.05, 3.63) is 0 Å². The number of hydrogen-bond acceptors (Lipinski definition) is 3. The summed E-state index contributed by atoms with van der Waals surface area (Å²) in [5, 5.41) is 0. The van der Waals surface area contributed by atoms with Gasteiger partial charge in [-0.05, 0) is 33.1 Å². The lowest BCUT2D eigenvalue weighted by Crippen LogP contribution is -2.43. The molecule has 5 heteroatoms. The maximum atomic E-state index is 12.1. The van der Waals surface area contributed by atoms with Crippen LogP contribution in [0.4, 0.5) is 0 Å². The Morgan fingerprint density at radius 3 is 2.37 bits per heavy atom. The Labute approximate surface area is 113 Å². The summed E-state index contributed by atoms with van der Waals surface area (Å²) in [7, 11) is 1.73. The van der Waals surface area contributed by atoms with Crippen LogP contribution in [0.15, 0.2) is 0 Å².